The minimum Gasteiger partial charge on any atom is -0.435 e. The predicted molar refractivity (Wildman–Crippen MR) is 88.4 cm³/mol. The van der Waals surface area contributed by atoms with Gasteiger partial charge < -0.3 is 20.5 Å². The van der Waals surface area contributed by atoms with Crippen LogP contribution in [0.15, 0.2) is 24.3 Å². The fourth-order valence-electron chi connectivity index (χ4n) is 2.68. The van der Waals surface area contributed by atoms with Crippen LogP contribution in [0.5, 0.6) is 5.75 Å². The molecule has 0 bridgehead atoms. The van der Waals surface area contributed by atoms with Crippen molar-refractivity contribution >= 4 is 18.3 Å². The highest BCUT2D eigenvalue weighted by Crippen LogP contribution is 2.31. The highest BCUT2D eigenvalue weighted by molar-refractivity contribution is 5.85. The van der Waals surface area contributed by atoms with E-state index in [1.54, 1.807) is 19.1 Å². The van der Waals surface area contributed by atoms with Crippen molar-refractivity contribution < 1.29 is 23.0 Å². The first kappa shape index (κ1) is 20.6. The van der Waals surface area contributed by atoms with Gasteiger partial charge in [0.15, 0.2) is 0 Å². The molecule has 1 heterocycles. The zero-order valence-electron chi connectivity index (χ0n) is 13.5. The number of carbonyl (C=O) groups is 1. The van der Waals surface area contributed by atoms with E-state index >= 15 is 0 Å². The number of nitrogens with one attached hydrogen (secondary N) is 1. The molecule has 136 valence electrons. The molecule has 8 heteroatoms. The molecule has 0 aliphatic carbocycles. The number of nitrogens with two attached hydrogens (primary N) is 1. The Morgan fingerprint density at radius 1 is 1.42 bits per heavy atom. The summed E-state index contributed by atoms with van der Waals surface area (Å²) in [6, 6.07) is 5.97. The van der Waals surface area contributed by atoms with E-state index in [-0.39, 0.29) is 36.7 Å². The SMILES string of the molecule is CC(NC(=O)C1(CN)CCOCC1)c1cccc(OC(F)F)c1.Cl. The van der Waals surface area contributed by atoms with Crippen molar-refractivity contribution in [2.45, 2.75) is 32.4 Å². The smallest absolute Gasteiger partial charge is 0.387 e. The van der Waals surface area contributed by atoms with Gasteiger partial charge in [-0.1, -0.05) is 12.1 Å². The monoisotopic (exact) mass is 364 g/mol. The molecule has 0 aromatic heterocycles. The Morgan fingerprint density at radius 3 is 2.67 bits per heavy atom. The van der Waals surface area contributed by atoms with Gasteiger partial charge in [0.2, 0.25) is 5.91 Å². The average Bonchev–Trinajstić information content (AvgIpc) is 2.55. The molecular formula is C16H23ClF2N2O3. The van der Waals surface area contributed by atoms with Crippen LogP contribution in [0.2, 0.25) is 0 Å². The summed E-state index contributed by atoms with van der Waals surface area (Å²) in [5.74, 6) is -0.0609. The van der Waals surface area contributed by atoms with E-state index < -0.39 is 12.0 Å². The second-order valence-corrected chi connectivity index (χ2v) is 5.74. The molecule has 1 unspecified atom stereocenters. The highest BCUT2D eigenvalue weighted by Gasteiger charge is 2.39. The van der Waals surface area contributed by atoms with Gasteiger partial charge >= 0.3 is 6.61 Å². The Labute approximate surface area is 146 Å². The molecule has 1 aliphatic rings. The maximum Gasteiger partial charge on any atom is 0.387 e. The first-order valence-electron chi connectivity index (χ1n) is 7.60. The summed E-state index contributed by atoms with van der Waals surface area (Å²) in [4.78, 5) is 12.6. The van der Waals surface area contributed by atoms with Crippen molar-refractivity contribution in [1.82, 2.24) is 5.32 Å². The van der Waals surface area contributed by atoms with E-state index in [4.69, 9.17) is 10.5 Å². The topological polar surface area (TPSA) is 73.6 Å². The van der Waals surface area contributed by atoms with Crippen molar-refractivity contribution in [3.8, 4) is 5.75 Å². The highest BCUT2D eigenvalue weighted by atomic mass is 35.5. The lowest BCUT2D eigenvalue weighted by molar-refractivity contribution is -0.136. The molecule has 2 rings (SSSR count). The molecule has 1 amide bonds. The van der Waals surface area contributed by atoms with Gasteiger partial charge in [0.1, 0.15) is 5.75 Å². The van der Waals surface area contributed by atoms with Crippen molar-refractivity contribution in [2.75, 3.05) is 19.8 Å². The number of carbonyl (C=O) groups excluding carboxylic acids is 1. The van der Waals surface area contributed by atoms with Crippen LogP contribution in [-0.2, 0) is 9.53 Å². The molecule has 1 aromatic rings. The van der Waals surface area contributed by atoms with Crippen molar-refractivity contribution in [3.05, 3.63) is 29.8 Å². The first-order valence-corrected chi connectivity index (χ1v) is 7.60. The Kier molecular flexibility index (Phi) is 7.86. The molecule has 1 aromatic carbocycles. The normalized spacial score (nSPS) is 17.7. The predicted octanol–water partition coefficient (Wildman–Crippen LogP) is 2.64. The van der Waals surface area contributed by atoms with Crippen LogP contribution in [0.4, 0.5) is 8.78 Å². The Bertz CT molecular complexity index is 540. The van der Waals surface area contributed by atoms with Gasteiger partial charge in [-0.2, -0.15) is 8.78 Å². The summed E-state index contributed by atoms with van der Waals surface area (Å²) in [5, 5.41) is 2.92. The minimum atomic E-state index is -2.88. The van der Waals surface area contributed by atoms with E-state index in [0.29, 0.717) is 31.6 Å². The van der Waals surface area contributed by atoms with Crippen LogP contribution in [-0.4, -0.2) is 32.3 Å². The van der Waals surface area contributed by atoms with Gasteiger partial charge in [-0.15, -0.1) is 12.4 Å². The van der Waals surface area contributed by atoms with Gasteiger partial charge in [0.25, 0.3) is 0 Å². The summed E-state index contributed by atoms with van der Waals surface area (Å²) in [7, 11) is 0. The van der Waals surface area contributed by atoms with Gasteiger partial charge in [0, 0.05) is 19.8 Å². The third-order valence-electron chi connectivity index (χ3n) is 4.25. The summed E-state index contributed by atoms with van der Waals surface area (Å²) < 4.78 is 34.3. The zero-order chi connectivity index (χ0) is 16.9. The van der Waals surface area contributed by atoms with Gasteiger partial charge in [-0.3, -0.25) is 4.79 Å². The van der Waals surface area contributed by atoms with Gasteiger partial charge in [-0.25, -0.2) is 0 Å². The molecular weight excluding hydrogens is 342 g/mol. The lowest BCUT2D eigenvalue weighted by atomic mass is 9.79. The number of hydrogen-bond acceptors (Lipinski definition) is 4. The molecule has 1 saturated heterocycles. The van der Waals surface area contributed by atoms with E-state index in [0.717, 1.165) is 0 Å². The van der Waals surface area contributed by atoms with E-state index in [1.807, 2.05) is 0 Å². The zero-order valence-corrected chi connectivity index (χ0v) is 14.3. The molecule has 24 heavy (non-hydrogen) atoms. The molecule has 0 spiro atoms. The molecule has 0 radical (unpaired) electrons. The van der Waals surface area contributed by atoms with Crippen molar-refractivity contribution in [3.63, 3.8) is 0 Å². The van der Waals surface area contributed by atoms with Crippen molar-refractivity contribution in [1.29, 1.82) is 0 Å². The Hall–Kier alpha value is -1.44. The molecule has 3 N–H and O–H groups in total. The lowest BCUT2D eigenvalue weighted by Crippen LogP contribution is -2.49. The Balaban J connectivity index is 0.00000288. The molecule has 1 fully saturated rings. The standard InChI is InChI=1S/C16H22F2N2O3.ClH/c1-11(12-3-2-4-13(9-12)23-15(17)18)20-14(21)16(10-19)5-7-22-8-6-16;/h2-4,9,11,15H,5-8,10,19H2,1H3,(H,20,21);1H. The van der Waals surface area contributed by atoms with Crippen LogP contribution in [0.1, 0.15) is 31.4 Å². The number of alkyl halides is 2. The molecule has 0 saturated carbocycles. The van der Waals surface area contributed by atoms with Crippen molar-refractivity contribution in [2.24, 2.45) is 11.1 Å². The second-order valence-electron chi connectivity index (χ2n) is 5.74. The van der Waals surface area contributed by atoms with E-state index in [9.17, 15) is 13.6 Å². The number of hydrogen-bond donors (Lipinski definition) is 2. The number of amides is 1. The summed E-state index contributed by atoms with van der Waals surface area (Å²) in [6.07, 6.45) is 1.16. The lowest BCUT2D eigenvalue weighted by Gasteiger charge is -2.35. The van der Waals surface area contributed by atoms with Crippen LogP contribution in [0.3, 0.4) is 0 Å². The molecule has 1 atom stereocenters. The van der Waals surface area contributed by atoms with Crippen LogP contribution >= 0.6 is 12.4 Å². The van der Waals surface area contributed by atoms with Crippen LogP contribution in [0.25, 0.3) is 0 Å². The summed E-state index contributed by atoms with van der Waals surface area (Å²) in [5.41, 5.74) is 5.88. The minimum absolute atomic E-state index is 0. The van der Waals surface area contributed by atoms with E-state index in [2.05, 4.69) is 10.1 Å². The number of rotatable bonds is 6. The summed E-state index contributed by atoms with van der Waals surface area (Å²) in [6.45, 7) is 0.192. The largest absolute Gasteiger partial charge is 0.435 e. The summed E-state index contributed by atoms with van der Waals surface area (Å²) >= 11 is 0. The first-order chi connectivity index (χ1) is 11.0. The Morgan fingerprint density at radius 2 is 2.08 bits per heavy atom. The van der Waals surface area contributed by atoms with Crippen LogP contribution < -0.4 is 15.8 Å². The number of halogens is 3. The molecule has 5 nitrogen and oxygen atoms in total. The number of ether oxygens (including phenoxy) is 2. The second kappa shape index (κ2) is 9.15. The third kappa shape index (κ3) is 5.03. The van der Waals surface area contributed by atoms with Gasteiger partial charge in [-0.05, 0) is 37.5 Å². The quantitative estimate of drug-likeness (QED) is 0.813. The maximum atomic E-state index is 12.6. The fourth-order valence-corrected chi connectivity index (χ4v) is 2.68. The van der Waals surface area contributed by atoms with E-state index in [1.165, 1.54) is 12.1 Å². The maximum absolute atomic E-state index is 12.6. The number of benzene rings is 1. The molecule has 1 aliphatic heterocycles. The third-order valence-corrected chi connectivity index (χ3v) is 4.25. The fraction of sp³-hybridized carbons (Fsp3) is 0.562. The van der Waals surface area contributed by atoms with Crippen LogP contribution in [0, 0.1) is 5.41 Å². The average molecular weight is 365 g/mol. The van der Waals surface area contributed by atoms with Gasteiger partial charge in [0.05, 0.1) is 11.5 Å².